The molecule has 0 spiro atoms. The second-order valence-corrected chi connectivity index (χ2v) is 11.4. The van der Waals surface area contributed by atoms with Crippen molar-refractivity contribution in [2.24, 2.45) is 11.3 Å². The highest BCUT2D eigenvalue weighted by molar-refractivity contribution is 5.90. The molecule has 10 heteroatoms. The Balaban J connectivity index is 2.19. The minimum Gasteiger partial charge on any atom is -0.496 e. The fourth-order valence-electron chi connectivity index (χ4n) is 5.43. The topological polar surface area (TPSA) is 88.1 Å². The predicted octanol–water partition coefficient (Wildman–Crippen LogP) is 5.30. The van der Waals surface area contributed by atoms with Crippen LogP contribution in [-0.2, 0) is 27.0 Å². The van der Waals surface area contributed by atoms with Gasteiger partial charge in [0.2, 0.25) is 0 Å². The van der Waals surface area contributed by atoms with Crippen LogP contribution in [0.25, 0.3) is 0 Å². The number of rotatable bonds is 8. The van der Waals surface area contributed by atoms with E-state index in [9.17, 15) is 27.9 Å². The molecule has 39 heavy (non-hydrogen) atoms. The number of hydrogen-bond donors (Lipinski definition) is 2. The van der Waals surface area contributed by atoms with Crippen LogP contribution >= 0.6 is 0 Å². The molecule has 0 saturated carbocycles. The van der Waals surface area contributed by atoms with Crippen molar-refractivity contribution in [2.75, 3.05) is 14.2 Å². The van der Waals surface area contributed by atoms with E-state index in [0.717, 1.165) is 12.1 Å². The third kappa shape index (κ3) is 6.22. The molecule has 4 unspecified atom stereocenters. The average Bonchev–Trinajstić information content (AvgIpc) is 3.22. The van der Waals surface area contributed by atoms with E-state index in [2.05, 4.69) is 5.32 Å². The van der Waals surface area contributed by atoms with E-state index in [1.54, 1.807) is 26.0 Å². The number of carboxylic acid groups (broad SMARTS) is 1. The van der Waals surface area contributed by atoms with Crippen molar-refractivity contribution in [3.05, 3.63) is 65.2 Å². The lowest BCUT2D eigenvalue weighted by molar-refractivity contribution is -0.162. The van der Waals surface area contributed by atoms with Crippen LogP contribution in [0.2, 0.25) is 0 Å². The zero-order valence-electron chi connectivity index (χ0n) is 23.3. The number of halogens is 3. The van der Waals surface area contributed by atoms with Crippen molar-refractivity contribution in [2.45, 2.75) is 71.1 Å². The number of carbonyl (C=O) groups is 2. The number of nitrogens with zero attached hydrogens (tertiary/aromatic N) is 1. The minimum absolute atomic E-state index is 0.0459. The number of carbonyl (C=O) groups excluding carboxylic acids is 1. The van der Waals surface area contributed by atoms with Gasteiger partial charge in [0, 0.05) is 31.2 Å². The number of likely N-dealkylation sites (tertiary alicyclic amines) is 1. The SMILES string of the molecule is COc1ccc(C(F)(F)F)cc1CNC1C(c2ccccc2)N(C(=O)C(C)(C)OC)C(C(=O)O)C1C(C)(C)C. The van der Waals surface area contributed by atoms with Crippen LogP contribution in [0.5, 0.6) is 5.75 Å². The van der Waals surface area contributed by atoms with Gasteiger partial charge in [0.25, 0.3) is 5.91 Å². The molecule has 214 valence electrons. The summed E-state index contributed by atoms with van der Waals surface area (Å²) in [6.07, 6.45) is -4.54. The number of ether oxygens (including phenoxy) is 2. The third-order valence-corrected chi connectivity index (χ3v) is 7.46. The first-order valence-electron chi connectivity index (χ1n) is 12.7. The van der Waals surface area contributed by atoms with Crippen molar-refractivity contribution >= 4 is 11.9 Å². The number of aliphatic carboxylic acids is 1. The summed E-state index contributed by atoms with van der Waals surface area (Å²) in [6.45, 7) is 8.79. The summed E-state index contributed by atoms with van der Waals surface area (Å²) >= 11 is 0. The molecular formula is C29H37F3N2O5. The lowest BCUT2D eigenvalue weighted by Gasteiger charge is -2.36. The number of methoxy groups -OCH3 is 2. The Morgan fingerprint density at radius 3 is 2.10 bits per heavy atom. The molecule has 0 bridgehead atoms. The summed E-state index contributed by atoms with van der Waals surface area (Å²) in [5.41, 5.74) is -1.79. The molecule has 1 heterocycles. The fourth-order valence-corrected chi connectivity index (χ4v) is 5.43. The number of amides is 1. The smallest absolute Gasteiger partial charge is 0.416 e. The van der Waals surface area contributed by atoms with Crippen LogP contribution in [0.1, 0.15) is 57.4 Å². The van der Waals surface area contributed by atoms with Gasteiger partial charge >= 0.3 is 12.1 Å². The lowest BCUT2D eigenvalue weighted by atomic mass is 9.72. The lowest BCUT2D eigenvalue weighted by Crippen LogP contribution is -2.53. The van der Waals surface area contributed by atoms with Crippen LogP contribution in [0, 0.1) is 11.3 Å². The largest absolute Gasteiger partial charge is 0.496 e. The van der Waals surface area contributed by atoms with Crippen molar-refractivity contribution in [3.8, 4) is 5.75 Å². The van der Waals surface area contributed by atoms with Gasteiger partial charge in [-0.15, -0.1) is 0 Å². The van der Waals surface area contributed by atoms with E-state index in [0.29, 0.717) is 5.56 Å². The van der Waals surface area contributed by atoms with E-state index < -0.39 is 58.7 Å². The second kappa shape index (κ2) is 11.2. The van der Waals surface area contributed by atoms with Crippen LogP contribution in [0.4, 0.5) is 13.2 Å². The standard InChI is InChI=1S/C29H37F3N2O5/c1-27(2,3)21-22(33-16-18-15-19(29(30,31)32)13-14-20(18)38-6)23(17-11-9-8-10-12-17)34(24(21)25(35)36)26(37)28(4,5)39-7/h8-15,21-24,33H,16H2,1-7H3,(H,35,36). The van der Waals surface area contributed by atoms with Crippen molar-refractivity contribution < 1.29 is 37.3 Å². The van der Waals surface area contributed by atoms with Gasteiger partial charge in [-0.05, 0) is 43.0 Å². The van der Waals surface area contributed by atoms with Crippen molar-refractivity contribution in [3.63, 3.8) is 0 Å². The molecule has 0 radical (unpaired) electrons. The van der Waals surface area contributed by atoms with Gasteiger partial charge in [0.15, 0.2) is 0 Å². The highest BCUT2D eigenvalue weighted by Gasteiger charge is 2.59. The Labute approximate surface area is 227 Å². The number of nitrogens with one attached hydrogen (secondary N) is 1. The molecule has 4 atom stereocenters. The molecular weight excluding hydrogens is 513 g/mol. The van der Waals surface area contributed by atoms with Crippen molar-refractivity contribution in [1.29, 1.82) is 0 Å². The van der Waals surface area contributed by atoms with Crippen molar-refractivity contribution in [1.82, 2.24) is 10.2 Å². The van der Waals surface area contributed by atoms with E-state index >= 15 is 0 Å². The molecule has 1 fully saturated rings. The third-order valence-electron chi connectivity index (χ3n) is 7.46. The fraction of sp³-hybridized carbons (Fsp3) is 0.517. The van der Waals surface area contributed by atoms with E-state index in [1.165, 1.54) is 25.2 Å². The monoisotopic (exact) mass is 550 g/mol. The molecule has 1 amide bonds. The summed E-state index contributed by atoms with van der Waals surface area (Å²) in [5, 5.41) is 13.8. The molecule has 2 aromatic rings. The van der Waals surface area contributed by atoms with Gasteiger partial charge < -0.3 is 24.8 Å². The normalized spacial score (nSPS) is 22.2. The summed E-state index contributed by atoms with van der Waals surface area (Å²) < 4.78 is 51.3. The molecule has 2 N–H and O–H groups in total. The number of benzene rings is 2. The Kier molecular flexibility index (Phi) is 8.72. The maximum Gasteiger partial charge on any atom is 0.416 e. The first-order chi connectivity index (χ1) is 18.0. The summed E-state index contributed by atoms with van der Waals surface area (Å²) in [7, 11) is 2.76. The number of alkyl halides is 3. The zero-order chi connectivity index (χ0) is 29.3. The highest BCUT2D eigenvalue weighted by atomic mass is 19.4. The Hall–Kier alpha value is -3.11. The Morgan fingerprint density at radius 2 is 1.62 bits per heavy atom. The van der Waals surface area contributed by atoms with Crippen LogP contribution < -0.4 is 10.1 Å². The van der Waals surface area contributed by atoms with Gasteiger partial charge in [0.05, 0.1) is 18.7 Å². The summed E-state index contributed by atoms with van der Waals surface area (Å²) in [5.74, 6) is -2.02. The molecule has 2 aromatic carbocycles. The molecule has 1 aliphatic heterocycles. The molecule has 3 rings (SSSR count). The Bertz CT molecular complexity index is 1180. The van der Waals surface area contributed by atoms with E-state index in [1.807, 2.05) is 39.0 Å². The summed E-state index contributed by atoms with van der Waals surface area (Å²) in [6, 6.07) is 9.68. The molecule has 1 saturated heterocycles. The summed E-state index contributed by atoms with van der Waals surface area (Å²) in [4.78, 5) is 28.1. The zero-order valence-corrected chi connectivity index (χ0v) is 23.3. The minimum atomic E-state index is -4.54. The number of carboxylic acids is 1. The average molecular weight is 551 g/mol. The predicted molar refractivity (Wildman–Crippen MR) is 140 cm³/mol. The van der Waals surface area contributed by atoms with Gasteiger partial charge in [0.1, 0.15) is 17.4 Å². The highest BCUT2D eigenvalue weighted by Crippen LogP contribution is 2.49. The van der Waals surface area contributed by atoms with Gasteiger partial charge in [-0.3, -0.25) is 4.79 Å². The van der Waals surface area contributed by atoms with Crippen LogP contribution in [0.15, 0.2) is 48.5 Å². The molecule has 0 aromatic heterocycles. The quantitative estimate of drug-likeness (QED) is 0.464. The van der Waals surface area contributed by atoms with E-state index in [4.69, 9.17) is 9.47 Å². The maximum atomic E-state index is 13.9. The maximum absolute atomic E-state index is 13.9. The van der Waals surface area contributed by atoms with E-state index in [-0.39, 0.29) is 17.9 Å². The number of hydrogen-bond acceptors (Lipinski definition) is 5. The molecule has 1 aliphatic rings. The molecule has 0 aliphatic carbocycles. The van der Waals surface area contributed by atoms with Crippen LogP contribution in [-0.4, -0.2) is 53.8 Å². The molecule has 7 nitrogen and oxygen atoms in total. The van der Waals surface area contributed by atoms with Gasteiger partial charge in [-0.25, -0.2) is 4.79 Å². The second-order valence-electron chi connectivity index (χ2n) is 11.4. The van der Waals surface area contributed by atoms with Crippen LogP contribution in [0.3, 0.4) is 0 Å². The Morgan fingerprint density at radius 1 is 1.00 bits per heavy atom. The first kappa shape index (κ1) is 30.4. The first-order valence-corrected chi connectivity index (χ1v) is 12.7. The van der Waals surface area contributed by atoms with Gasteiger partial charge in [-0.1, -0.05) is 51.1 Å². The van der Waals surface area contributed by atoms with Gasteiger partial charge in [-0.2, -0.15) is 13.2 Å².